The van der Waals surface area contributed by atoms with Crippen LogP contribution in [0.4, 0.5) is 0 Å². The van der Waals surface area contributed by atoms with Crippen molar-refractivity contribution in [2.24, 2.45) is 0 Å². The van der Waals surface area contributed by atoms with Gasteiger partial charge in [0.25, 0.3) is 0 Å². The summed E-state index contributed by atoms with van der Waals surface area (Å²) in [6.45, 7) is -1.32. The third kappa shape index (κ3) is 11.9. The maximum absolute atomic E-state index is 15.8. The maximum Gasteiger partial charge on any atom is 0.333 e. The Hall–Kier alpha value is -10.5. The average Bonchev–Trinajstić information content (AvgIpc) is 1.60. The summed E-state index contributed by atoms with van der Waals surface area (Å²) in [7, 11) is 1.46. The van der Waals surface area contributed by atoms with Gasteiger partial charge in [-0.15, -0.1) is 0 Å². The zero-order valence-corrected chi connectivity index (χ0v) is 47.5. The Bertz CT molecular complexity index is 4100. The third-order valence-electron chi connectivity index (χ3n) is 15.1. The Labute approximate surface area is 512 Å². The van der Waals surface area contributed by atoms with Crippen molar-refractivity contribution in [2.75, 3.05) is 20.3 Å². The summed E-state index contributed by atoms with van der Waals surface area (Å²) >= 11 is 13.7. The summed E-state index contributed by atoms with van der Waals surface area (Å²) in [6.07, 6.45) is -2.39. The Balaban J connectivity index is 1.14. The number of carbonyl (C=O) groups is 7. The number of aromatic hydroxyl groups is 6. The van der Waals surface area contributed by atoms with Crippen molar-refractivity contribution in [1.82, 2.24) is 37.2 Å². The lowest BCUT2D eigenvalue weighted by molar-refractivity contribution is -0.149. The van der Waals surface area contributed by atoms with E-state index in [-0.39, 0.29) is 62.3 Å². The molecule has 13 rings (SSSR count). The van der Waals surface area contributed by atoms with Crippen molar-refractivity contribution in [2.45, 2.75) is 54.8 Å². The summed E-state index contributed by atoms with van der Waals surface area (Å²) in [4.78, 5) is 105. The smallest absolute Gasteiger partial charge is 0.333 e. The molecule has 458 valence electrons. The van der Waals surface area contributed by atoms with Crippen LogP contribution in [0.15, 0.2) is 115 Å². The molecule has 17 bridgehead atoms. The van der Waals surface area contributed by atoms with Gasteiger partial charge in [-0.1, -0.05) is 53.5 Å². The number of esters is 1. The summed E-state index contributed by atoms with van der Waals surface area (Å²) in [6, 6.07) is 9.65. The van der Waals surface area contributed by atoms with E-state index in [0.29, 0.717) is 5.56 Å². The SMILES string of the molecule is CNC1C(=O)NC2Cc3ccc(cc3)Oc3cc4cc(c3O)Oc3ccc(cc3Cl)C(O)C3NC(=O)C(NC(=O)C4NC(=O)C(NC2=O)c2cc(cc(O)c2Cl)Oc2cc1ccc2O)c1ccc(O)c(c1)-c1c(O)cc(O)cc1C(C(=O)OCCO)NC3=O. The number of hydrogen-bond acceptors (Lipinski definition) is 20. The zero-order chi connectivity index (χ0) is 63.3. The van der Waals surface area contributed by atoms with Crippen LogP contribution in [0.25, 0.3) is 11.1 Å². The van der Waals surface area contributed by atoms with Crippen LogP contribution in [-0.2, 0) is 44.7 Å². The van der Waals surface area contributed by atoms with Gasteiger partial charge in [-0.25, -0.2) is 4.79 Å². The number of nitrogens with one attached hydrogen (secondary N) is 7. The van der Waals surface area contributed by atoms with Gasteiger partial charge in [-0.05, 0) is 108 Å². The highest BCUT2D eigenvalue weighted by molar-refractivity contribution is 6.33. The van der Waals surface area contributed by atoms with E-state index in [4.69, 9.17) is 42.1 Å². The number of amides is 6. The number of phenolic OH excluding ortho intramolecular Hbond substituents is 6. The molecule has 0 saturated carbocycles. The van der Waals surface area contributed by atoms with E-state index in [1.807, 2.05) is 0 Å². The highest BCUT2D eigenvalue weighted by atomic mass is 35.5. The second-order valence-corrected chi connectivity index (χ2v) is 21.6. The first-order valence-electron chi connectivity index (χ1n) is 27.1. The fourth-order valence-corrected chi connectivity index (χ4v) is 11.1. The fraction of sp³-hybridized carbons (Fsp3) is 0.197. The van der Waals surface area contributed by atoms with E-state index < -0.39 is 171 Å². The Kier molecular flexibility index (Phi) is 16.5. The minimum atomic E-state index is -2.19. The van der Waals surface area contributed by atoms with E-state index in [1.54, 1.807) is 0 Å². The molecule has 6 amide bonds. The van der Waals surface area contributed by atoms with Gasteiger partial charge >= 0.3 is 5.97 Å². The van der Waals surface area contributed by atoms with Crippen LogP contribution in [-0.4, -0.2) is 115 Å². The van der Waals surface area contributed by atoms with Gasteiger partial charge in [-0.3, -0.25) is 28.8 Å². The number of hydrogen-bond donors (Lipinski definition) is 15. The van der Waals surface area contributed by atoms with Crippen molar-refractivity contribution in [3.8, 4) is 80.1 Å². The average molecular weight is 1260 g/mol. The van der Waals surface area contributed by atoms with Crippen molar-refractivity contribution in [3.63, 3.8) is 0 Å². The number of benzene rings is 7. The Morgan fingerprint density at radius 1 is 0.562 bits per heavy atom. The molecule has 8 unspecified atom stereocenters. The molecule has 0 saturated heterocycles. The second-order valence-electron chi connectivity index (χ2n) is 20.9. The molecule has 26 nitrogen and oxygen atoms in total. The number of aliphatic hydroxyl groups is 2. The molecule has 6 aliphatic rings. The molecule has 7 aromatic rings. The lowest BCUT2D eigenvalue weighted by atomic mass is 9.89. The topological polar surface area (TPSA) is 402 Å². The van der Waals surface area contributed by atoms with Crippen molar-refractivity contribution >= 4 is 64.6 Å². The quantitative estimate of drug-likeness (QED) is 0.106. The first-order valence-corrected chi connectivity index (χ1v) is 27.8. The van der Waals surface area contributed by atoms with Gasteiger partial charge in [0, 0.05) is 40.8 Å². The molecule has 0 spiro atoms. The molecule has 7 aromatic carbocycles. The number of rotatable bonds is 4. The largest absolute Gasteiger partial charge is 0.508 e. The first kappa shape index (κ1) is 60.2. The predicted octanol–water partition coefficient (Wildman–Crippen LogP) is 4.70. The summed E-state index contributed by atoms with van der Waals surface area (Å²) in [5.74, 6) is -14.0. The van der Waals surface area contributed by atoms with Gasteiger partial charge in [-0.2, -0.15) is 0 Å². The Morgan fingerprint density at radius 3 is 1.92 bits per heavy atom. The molecule has 6 aliphatic heterocycles. The maximum atomic E-state index is 15.8. The highest BCUT2D eigenvalue weighted by Crippen LogP contribution is 2.48. The van der Waals surface area contributed by atoms with Crippen LogP contribution in [0.5, 0.6) is 69.0 Å². The minimum absolute atomic E-state index is 0.0418. The minimum Gasteiger partial charge on any atom is -0.508 e. The Morgan fingerprint density at radius 2 is 1.20 bits per heavy atom. The van der Waals surface area contributed by atoms with Crippen LogP contribution in [0.3, 0.4) is 0 Å². The molecule has 15 N–H and O–H groups in total. The third-order valence-corrected chi connectivity index (χ3v) is 15.8. The first-order chi connectivity index (χ1) is 42.6. The van der Waals surface area contributed by atoms with Crippen molar-refractivity contribution < 1.29 is 93.4 Å². The van der Waals surface area contributed by atoms with E-state index in [0.717, 1.165) is 60.7 Å². The van der Waals surface area contributed by atoms with Crippen molar-refractivity contribution in [1.29, 1.82) is 0 Å². The van der Waals surface area contributed by atoms with Crippen LogP contribution in [0, 0.1) is 0 Å². The molecular weight excluding hydrogens is 1210 g/mol. The van der Waals surface area contributed by atoms with Gasteiger partial charge in [0.15, 0.2) is 29.0 Å². The number of halogens is 2. The molecule has 8 atom stereocenters. The standard InChI is InChI=1S/C61H51Cl2N7O19/c1-64-47-26-5-10-38(74)42(17-26)88-31-22-34(46(63)40(76)23-31)50-59(83)67-49-28-18-43(87-30-7-2-24(3-8-30)14-36(55(79)68-50)65-56(47)80)54(78)44(19-28)89-41-11-6-27(16-35(41)62)53(77)52-60(84)69-51(61(85)86-13-12-71)33-20-29(72)21-39(75)45(33)32-15-25(4-9-37(32)73)48(57(81)70-52)66-58(49)82/h2-11,15-23,36,47-53,64,71-78H,12-14H2,1H3,(H,65,80)(H,66,82)(H,67,83)(H,68,79)(H,69,84)(H,70,81). The van der Waals surface area contributed by atoms with Crippen LogP contribution in [0.1, 0.15) is 75.3 Å². The summed E-state index contributed by atoms with van der Waals surface area (Å²) in [5, 5.41) is 108. The molecule has 0 radical (unpaired) electrons. The van der Waals surface area contributed by atoms with E-state index in [2.05, 4.69) is 37.2 Å². The normalized spacial score (nSPS) is 21.5. The zero-order valence-electron chi connectivity index (χ0n) is 46.0. The fourth-order valence-electron chi connectivity index (χ4n) is 10.7. The van der Waals surface area contributed by atoms with Crippen molar-refractivity contribution in [3.05, 3.63) is 164 Å². The van der Waals surface area contributed by atoms with Gasteiger partial charge in [0.1, 0.15) is 89.2 Å². The number of ether oxygens (including phenoxy) is 4. The lowest BCUT2D eigenvalue weighted by Gasteiger charge is -2.31. The monoisotopic (exact) mass is 1260 g/mol. The van der Waals surface area contributed by atoms with E-state index in [1.165, 1.54) is 61.6 Å². The predicted molar refractivity (Wildman–Crippen MR) is 310 cm³/mol. The summed E-state index contributed by atoms with van der Waals surface area (Å²) in [5.41, 5.74) is -1.72. The number of likely N-dealkylation sites (N-methyl/N-ethyl adjacent to an activating group) is 1. The van der Waals surface area contributed by atoms with Crippen LogP contribution >= 0.6 is 23.2 Å². The highest BCUT2D eigenvalue weighted by Gasteiger charge is 2.42. The lowest BCUT2D eigenvalue weighted by Crippen LogP contribution is -2.55. The number of aliphatic hydroxyl groups excluding tert-OH is 2. The van der Waals surface area contributed by atoms with E-state index >= 15 is 19.2 Å². The van der Waals surface area contributed by atoms with Crippen LogP contribution < -0.4 is 51.4 Å². The van der Waals surface area contributed by atoms with Crippen LogP contribution in [0.2, 0.25) is 10.0 Å². The molecule has 0 aliphatic carbocycles. The van der Waals surface area contributed by atoms with Gasteiger partial charge in [0.2, 0.25) is 41.2 Å². The molecule has 0 aromatic heterocycles. The van der Waals surface area contributed by atoms with Gasteiger partial charge in [0.05, 0.1) is 16.7 Å². The molecular formula is C61H51Cl2N7O19. The number of phenols is 6. The molecule has 6 heterocycles. The molecule has 89 heavy (non-hydrogen) atoms. The number of fused-ring (bicyclic) bond motifs is 14. The second kappa shape index (κ2) is 24.3. The number of carbonyl (C=O) groups excluding carboxylic acids is 7. The molecule has 0 fully saturated rings. The van der Waals surface area contributed by atoms with E-state index in [9.17, 15) is 55.2 Å². The molecule has 28 heteroatoms. The van der Waals surface area contributed by atoms with Gasteiger partial charge < -0.3 is 97.0 Å². The summed E-state index contributed by atoms with van der Waals surface area (Å²) < 4.78 is 23.8.